The van der Waals surface area contributed by atoms with Crippen molar-refractivity contribution in [1.82, 2.24) is 15.0 Å². The van der Waals surface area contributed by atoms with Gasteiger partial charge in [0.1, 0.15) is 5.82 Å². The van der Waals surface area contributed by atoms with Gasteiger partial charge in [0, 0.05) is 24.5 Å². The summed E-state index contributed by atoms with van der Waals surface area (Å²) in [7, 11) is 3.28. The predicted molar refractivity (Wildman–Crippen MR) is 110 cm³/mol. The summed E-state index contributed by atoms with van der Waals surface area (Å²) >= 11 is 0. The monoisotopic (exact) mass is 379 g/mol. The standard InChI is InChI=1S/C21H25N5O2/c1-15-12-20(26-21(25-15)24-14-17-6-4-5-10-22-17)23-11-9-16-7-8-18(27-2)19(13-16)28-3/h4-8,10,12-13H,9,11,14H2,1-3H3,(H2,23,24,25,26). The molecule has 0 saturated carbocycles. The van der Waals surface area contributed by atoms with E-state index in [2.05, 4.69) is 25.6 Å². The van der Waals surface area contributed by atoms with Crippen molar-refractivity contribution in [2.45, 2.75) is 19.9 Å². The highest BCUT2D eigenvalue weighted by atomic mass is 16.5. The molecule has 2 heterocycles. The first-order chi connectivity index (χ1) is 13.7. The molecule has 3 aromatic rings. The van der Waals surface area contributed by atoms with Crippen molar-refractivity contribution in [2.75, 3.05) is 31.4 Å². The zero-order chi connectivity index (χ0) is 19.8. The molecule has 0 aliphatic carbocycles. The predicted octanol–water partition coefficient (Wildman–Crippen LogP) is 3.46. The summed E-state index contributed by atoms with van der Waals surface area (Å²) in [6, 6.07) is 13.7. The largest absolute Gasteiger partial charge is 0.493 e. The van der Waals surface area contributed by atoms with E-state index < -0.39 is 0 Å². The molecule has 0 aliphatic heterocycles. The number of rotatable bonds is 9. The van der Waals surface area contributed by atoms with Crippen LogP contribution in [0.4, 0.5) is 11.8 Å². The van der Waals surface area contributed by atoms with Gasteiger partial charge in [0.05, 0.1) is 26.5 Å². The van der Waals surface area contributed by atoms with E-state index in [1.807, 2.05) is 49.4 Å². The smallest absolute Gasteiger partial charge is 0.225 e. The summed E-state index contributed by atoms with van der Waals surface area (Å²) < 4.78 is 10.6. The van der Waals surface area contributed by atoms with E-state index in [1.54, 1.807) is 20.4 Å². The second-order valence-corrected chi connectivity index (χ2v) is 6.26. The molecule has 0 bridgehead atoms. The second kappa shape index (κ2) is 9.55. The van der Waals surface area contributed by atoms with Crippen molar-refractivity contribution in [3.63, 3.8) is 0 Å². The van der Waals surface area contributed by atoms with Gasteiger partial charge in [-0.15, -0.1) is 0 Å². The molecule has 2 aromatic heterocycles. The lowest BCUT2D eigenvalue weighted by atomic mass is 10.1. The topological polar surface area (TPSA) is 81.2 Å². The Balaban J connectivity index is 1.58. The van der Waals surface area contributed by atoms with Crippen LogP contribution >= 0.6 is 0 Å². The van der Waals surface area contributed by atoms with Crippen LogP contribution in [0.15, 0.2) is 48.7 Å². The first-order valence-corrected chi connectivity index (χ1v) is 9.12. The molecule has 0 atom stereocenters. The van der Waals surface area contributed by atoms with E-state index in [0.717, 1.165) is 47.2 Å². The van der Waals surface area contributed by atoms with Gasteiger partial charge in [0.25, 0.3) is 0 Å². The minimum Gasteiger partial charge on any atom is -0.493 e. The van der Waals surface area contributed by atoms with Crippen LogP contribution in [0.25, 0.3) is 0 Å². The van der Waals surface area contributed by atoms with Gasteiger partial charge >= 0.3 is 0 Å². The average Bonchev–Trinajstić information content (AvgIpc) is 2.72. The fourth-order valence-corrected chi connectivity index (χ4v) is 2.78. The third-order valence-corrected chi connectivity index (χ3v) is 4.18. The van der Waals surface area contributed by atoms with Crippen molar-refractivity contribution in [3.05, 3.63) is 65.6 Å². The maximum absolute atomic E-state index is 5.36. The Kier molecular flexibility index (Phi) is 6.62. The van der Waals surface area contributed by atoms with E-state index in [1.165, 1.54) is 0 Å². The summed E-state index contributed by atoms with van der Waals surface area (Å²) in [5.41, 5.74) is 2.99. The zero-order valence-electron chi connectivity index (χ0n) is 16.4. The molecule has 0 aliphatic rings. The van der Waals surface area contributed by atoms with Crippen molar-refractivity contribution in [2.24, 2.45) is 0 Å². The number of methoxy groups -OCH3 is 2. The van der Waals surface area contributed by atoms with Gasteiger partial charge in [-0.2, -0.15) is 4.98 Å². The molecular weight excluding hydrogens is 354 g/mol. The van der Waals surface area contributed by atoms with Crippen LogP contribution in [0.2, 0.25) is 0 Å². The van der Waals surface area contributed by atoms with Crippen LogP contribution in [0.1, 0.15) is 17.0 Å². The summed E-state index contributed by atoms with van der Waals surface area (Å²) in [4.78, 5) is 13.3. The number of aryl methyl sites for hydroxylation is 1. The van der Waals surface area contributed by atoms with Crippen molar-refractivity contribution in [1.29, 1.82) is 0 Å². The van der Waals surface area contributed by atoms with Gasteiger partial charge in [-0.25, -0.2) is 4.98 Å². The molecular formula is C21H25N5O2. The van der Waals surface area contributed by atoms with E-state index in [0.29, 0.717) is 12.5 Å². The van der Waals surface area contributed by atoms with Crippen LogP contribution in [-0.2, 0) is 13.0 Å². The molecule has 1 aromatic carbocycles. The quantitative estimate of drug-likeness (QED) is 0.589. The lowest BCUT2D eigenvalue weighted by molar-refractivity contribution is 0.354. The number of hydrogen-bond donors (Lipinski definition) is 2. The van der Waals surface area contributed by atoms with Gasteiger partial charge in [-0.05, 0) is 43.2 Å². The minimum absolute atomic E-state index is 0.579. The number of ether oxygens (including phenoxy) is 2. The molecule has 28 heavy (non-hydrogen) atoms. The molecule has 0 unspecified atom stereocenters. The summed E-state index contributed by atoms with van der Waals surface area (Å²) in [5.74, 6) is 2.84. The van der Waals surface area contributed by atoms with Crippen LogP contribution in [0.3, 0.4) is 0 Å². The lowest BCUT2D eigenvalue weighted by Crippen LogP contribution is -2.10. The van der Waals surface area contributed by atoms with Crippen molar-refractivity contribution < 1.29 is 9.47 Å². The number of nitrogens with one attached hydrogen (secondary N) is 2. The van der Waals surface area contributed by atoms with Gasteiger partial charge in [-0.1, -0.05) is 12.1 Å². The Labute approximate surface area is 165 Å². The van der Waals surface area contributed by atoms with Gasteiger partial charge in [0.15, 0.2) is 11.5 Å². The Morgan fingerprint density at radius 2 is 1.79 bits per heavy atom. The third kappa shape index (κ3) is 5.33. The fraction of sp³-hybridized carbons (Fsp3) is 0.286. The van der Waals surface area contributed by atoms with E-state index >= 15 is 0 Å². The Morgan fingerprint density at radius 1 is 0.929 bits per heavy atom. The number of hydrogen-bond acceptors (Lipinski definition) is 7. The Bertz CT molecular complexity index is 903. The molecule has 7 nitrogen and oxygen atoms in total. The Morgan fingerprint density at radius 3 is 2.54 bits per heavy atom. The minimum atomic E-state index is 0.579. The maximum atomic E-state index is 5.36. The van der Waals surface area contributed by atoms with E-state index in [9.17, 15) is 0 Å². The van der Waals surface area contributed by atoms with Crippen molar-refractivity contribution in [3.8, 4) is 11.5 Å². The van der Waals surface area contributed by atoms with Gasteiger partial charge in [-0.3, -0.25) is 4.98 Å². The van der Waals surface area contributed by atoms with Crippen LogP contribution < -0.4 is 20.1 Å². The molecule has 0 saturated heterocycles. The molecule has 3 rings (SSSR count). The summed E-state index contributed by atoms with van der Waals surface area (Å²) in [6.07, 6.45) is 2.61. The van der Waals surface area contributed by atoms with Crippen molar-refractivity contribution >= 4 is 11.8 Å². The van der Waals surface area contributed by atoms with E-state index in [-0.39, 0.29) is 0 Å². The Hall–Kier alpha value is -3.35. The number of anilines is 2. The SMILES string of the molecule is COc1ccc(CCNc2cc(C)nc(NCc3ccccn3)n2)cc1OC. The van der Waals surface area contributed by atoms with Crippen LogP contribution in [0.5, 0.6) is 11.5 Å². The van der Waals surface area contributed by atoms with Gasteiger partial charge < -0.3 is 20.1 Å². The number of nitrogens with zero attached hydrogens (tertiary/aromatic N) is 3. The highest BCUT2D eigenvalue weighted by Crippen LogP contribution is 2.27. The molecule has 146 valence electrons. The molecule has 0 radical (unpaired) electrons. The summed E-state index contributed by atoms with van der Waals surface area (Å²) in [6.45, 7) is 3.27. The second-order valence-electron chi connectivity index (χ2n) is 6.26. The lowest BCUT2D eigenvalue weighted by Gasteiger charge is -2.11. The van der Waals surface area contributed by atoms with Crippen LogP contribution in [0, 0.1) is 6.92 Å². The average molecular weight is 379 g/mol. The normalized spacial score (nSPS) is 10.4. The highest BCUT2D eigenvalue weighted by Gasteiger charge is 2.06. The third-order valence-electron chi connectivity index (χ3n) is 4.18. The molecule has 2 N–H and O–H groups in total. The van der Waals surface area contributed by atoms with Gasteiger partial charge in [0.2, 0.25) is 5.95 Å². The van der Waals surface area contributed by atoms with Crippen LogP contribution in [-0.4, -0.2) is 35.7 Å². The summed E-state index contributed by atoms with van der Waals surface area (Å²) in [5, 5.41) is 6.58. The molecule has 0 fully saturated rings. The number of pyridine rings is 1. The van der Waals surface area contributed by atoms with E-state index in [4.69, 9.17) is 9.47 Å². The highest BCUT2D eigenvalue weighted by molar-refractivity contribution is 5.44. The molecule has 0 spiro atoms. The first-order valence-electron chi connectivity index (χ1n) is 9.12. The maximum Gasteiger partial charge on any atom is 0.225 e. The zero-order valence-corrected chi connectivity index (χ0v) is 16.4. The molecule has 7 heteroatoms. The number of aromatic nitrogens is 3. The fourth-order valence-electron chi connectivity index (χ4n) is 2.78. The molecule has 0 amide bonds. The first kappa shape index (κ1) is 19.4. The number of benzene rings is 1.